The van der Waals surface area contributed by atoms with Crippen molar-refractivity contribution in [2.45, 2.75) is 13.5 Å². The van der Waals surface area contributed by atoms with Gasteiger partial charge in [-0.15, -0.1) is 0 Å². The van der Waals surface area contributed by atoms with Gasteiger partial charge in [-0.2, -0.15) is 0 Å². The van der Waals surface area contributed by atoms with Gasteiger partial charge in [0, 0.05) is 18.9 Å². The molecule has 1 aromatic carbocycles. The van der Waals surface area contributed by atoms with Gasteiger partial charge in [-0.1, -0.05) is 0 Å². The lowest BCUT2D eigenvalue weighted by molar-refractivity contribution is 0.474. The molecule has 78 valence electrons. The Bertz CT molecular complexity index is 476. The summed E-state index contributed by atoms with van der Waals surface area (Å²) in [6.45, 7) is 2.31. The van der Waals surface area contributed by atoms with Gasteiger partial charge in [-0.05, 0) is 30.7 Å². The highest BCUT2D eigenvalue weighted by Gasteiger charge is 2.06. The Kier molecular flexibility index (Phi) is 2.43. The number of nitrogens with zero attached hydrogens (tertiary/aromatic N) is 2. The molecule has 1 heterocycles. The highest BCUT2D eigenvalue weighted by Crippen LogP contribution is 2.20. The maximum Gasteiger partial charge on any atom is 0.116 e. The van der Waals surface area contributed by atoms with Crippen molar-refractivity contribution in [2.24, 2.45) is 5.73 Å². The summed E-state index contributed by atoms with van der Waals surface area (Å²) in [7, 11) is 0. The largest absolute Gasteiger partial charge is 0.508 e. The number of aromatic nitrogens is 2. The fraction of sp³-hybridized carbons (Fsp3) is 0.182. The van der Waals surface area contributed by atoms with Gasteiger partial charge in [0.05, 0.1) is 5.69 Å². The number of phenolic OH excluding ortho intramolecular Hbond substituents is 1. The van der Waals surface area contributed by atoms with E-state index in [0.29, 0.717) is 6.54 Å². The van der Waals surface area contributed by atoms with Gasteiger partial charge in [0.15, 0.2) is 0 Å². The molecule has 4 heteroatoms. The minimum atomic E-state index is 0.233. The van der Waals surface area contributed by atoms with Crippen LogP contribution >= 0.6 is 0 Å². The molecular formula is C11H13N3O. The highest BCUT2D eigenvalue weighted by molar-refractivity contribution is 5.46. The lowest BCUT2D eigenvalue weighted by Crippen LogP contribution is -2.04. The average Bonchev–Trinajstić information content (AvgIpc) is 2.64. The predicted molar refractivity (Wildman–Crippen MR) is 57.9 cm³/mol. The van der Waals surface area contributed by atoms with Gasteiger partial charge in [-0.3, -0.25) is 0 Å². The zero-order valence-electron chi connectivity index (χ0n) is 8.51. The van der Waals surface area contributed by atoms with E-state index in [2.05, 4.69) is 4.98 Å². The van der Waals surface area contributed by atoms with Crippen LogP contribution in [0.15, 0.2) is 30.6 Å². The van der Waals surface area contributed by atoms with Crippen LogP contribution < -0.4 is 5.73 Å². The lowest BCUT2D eigenvalue weighted by atomic mass is 10.1. The summed E-state index contributed by atoms with van der Waals surface area (Å²) in [5.41, 5.74) is 7.49. The zero-order chi connectivity index (χ0) is 10.8. The number of benzene rings is 1. The molecule has 0 aliphatic rings. The summed E-state index contributed by atoms with van der Waals surface area (Å²) in [4.78, 5) is 4.15. The number of hydrogen-bond acceptors (Lipinski definition) is 3. The Labute approximate surface area is 88.0 Å². The molecule has 4 nitrogen and oxygen atoms in total. The van der Waals surface area contributed by atoms with Crippen molar-refractivity contribution in [1.82, 2.24) is 9.55 Å². The second kappa shape index (κ2) is 3.74. The zero-order valence-corrected chi connectivity index (χ0v) is 8.51. The molecule has 0 fully saturated rings. The molecule has 0 radical (unpaired) electrons. The van der Waals surface area contributed by atoms with Crippen LogP contribution in [-0.4, -0.2) is 14.7 Å². The van der Waals surface area contributed by atoms with Crippen molar-refractivity contribution >= 4 is 0 Å². The number of nitrogens with two attached hydrogens (primary N) is 1. The minimum absolute atomic E-state index is 0.233. The van der Waals surface area contributed by atoms with Gasteiger partial charge in [0.25, 0.3) is 0 Å². The van der Waals surface area contributed by atoms with E-state index in [9.17, 15) is 5.11 Å². The molecule has 15 heavy (non-hydrogen) atoms. The first-order chi connectivity index (χ1) is 7.22. The first-order valence-corrected chi connectivity index (χ1v) is 4.74. The Hall–Kier alpha value is -1.81. The highest BCUT2D eigenvalue weighted by atomic mass is 16.3. The third-order valence-electron chi connectivity index (χ3n) is 2.37. The van der Waals surface area contributed by atoms with Gasteiger partial charge in [-0.25, -0.2) is 4.98 Å². The summed E-state index contributed by atoms with van der Waals surface area (Å²) in [5.74, 6) is 1.13. The third-order valence-corrected chi connectivity index (χ3v) is 2.37. The SMILES string of the molecule is Cc1nccn1-c1ccc(O)cc1CN. The Balaban J connectivity index is 2.58. The Morgan fingerprint density at radius 2 is 2.27 bits per heavy atom. The summed E-state index contributed by atoms with van der Waals surface area (Å²) < 4.78 is 1.95. The molecule has 2 aromatic rings. The minimum Gasteiger partial charge on any atom is -0.508 e. The van der Waals surface area contributed by atoms with Crippen molar-refractivity contribution in [1.29, 1.82) is 0 Å². The molecule has 0 bridgehead atoms. The first-order valence-electron chi connectivity index (χ1n) is 4.74. The van der Waals surface area contributed by atoms with E-state index in [1.807, 2.05) is 23.8 Å². The fourth-order valence-electron chi connectivity index (χ4n) is 1.60. The van der Waals surface area contributed by atoms with Gasteiger partial charge in [0.1, 0.15) is 11.6 Å². The monoisotopic (exact) mass is 203 g/mol. The number of phenols is 1. The summed E-state index contributed by atoms with van der Waals surface area (Å²) in [5, 5.41) is 9.35. The number of rotatable bonds is 2. The number of imidazole rings is 1. The molecule has 0 spiro atoms. The lowest BCUT2D eigenvalue weighted by Gasteiger charge is -2.10. The van der Waals surface area contributed by atoms with E-state index in [0.717, 1.165) is 17.1 Å². The molecule has 0 saturated carbocycles. The standard InChI is InChI=1S/C11H13N3O/c1-8-13-4-5-14(8)11-3-2-10(15)6-9(11)7-12/h2-6,15H,7,12H2,1H3. The number of aryl methyl sites for hydroxylation is 1. The summed E-state index contributed by atoms with van der Waals surface area (Å²) >= 11 is 0. The van der Waals surface area contributed by atoms with E-state index < -0.39 is 0 Å². The Morgan fingerprint density at radius 3 is 2.87 bits per heavy atom. The molecule has 1 aromatic heterocycles. The number of aromatic hydroxyl groups is 1. The predicted octanol–water partition coefficient (Wildman–Crippen LogP) is 1.35. The Morgan fingerprint density at radius 1 is 1.47 bits per heavy atom. The maximum atomic E-state index is 9.35. The molecule has 0 saturated heterocycles. The fourth-order valence-corrected chi connectivity index (χ4v) is 1.60. The van der Waals surface area contributed by atoms with Crippen molar-refractivity contribution in [3.05, 3.63) is 42.0 Å². The van der Waals surface area contributed by atoms with Gasteiger partial charge < -0.3 is 15.4 Å². The second-order valence-corrected chi connectivity index (χ2v) is 3.36. The third kappa shape index (κ3) is 1.71. The number of hydrogen-bond donors (Lipinski definition) is 2. The second-order valence-electron chi connectivity index (χ2n) is 3.36. The molecule has 2 rings (SSSR count). The molecule has 3 N–H and O–H groups in total. The first kappa shape index (κ1) is 9.73. The van der Waals surface area contributed by atoms with Crippen molar-refractivity contribution in [3.8, 4) is 11.4 Å². The summed E-state index contributed by atoms with van der Waals surface area (Å²) in [6.07, 6.45) is 3.61. The summed E-state index contributed by atoms with van der Waals surface area (Å²) in [6, 6.07) is 5.16. The van der Waals surface area contributed by atoms with E-state index in [4.69, 9.17) is 5.73 Å². The average molecular weight is 203 g/mol. The van der Waals surface area contributed by atoms with E-state index in [1.165, 1.54) is 0 Å². The van der Waals surface area contributed by atoms with Gasteiger partial charge >= 0.3 is 0 Å². The topological polar surface area (TPSA) is 64.1 Å². The molecule has 0 amide bonds. The molecule has 0 aliphatic carbocycles. The van der Waals surface area contributed by atoms with Crippen LogP contribution in [0.2, 0.25) is 0 Å². The van der Waals surface area contributed by atoms with Crippen molar-refractivity contribution < 1.29 is 5.11 Å². The smallest absolute Gasteiger partial charge is 0.116 e. The van der Waals surface area contributed by atoms with Crippen molar-refractivity contribution in [2.75, 3.05) is 0 Å². The normalized spacial score (nSPS) is 10.5. The van der Waals surface area contributed by atoms with Crippen LogP contribution in [0.5, 0.6) is 5.75 Å². The van der Waals surface area contributed by atoms with Crippen molar-refractivity contribution in [3.63, 3.8) is 0 Å². The van der Waals surface area contributed by atoms with Crippen LogP contribution in [0.1, 0.15) is 11.4 Å². The van der Waals surface area contributed by atoms with Crippen LogP contribution in [0.3, 0.4) is 0 Å². The van der Waals surface area contributed by atoms with Crippen LogP contribution in [0.25, 0.3) is 5.69 Å². The van der Waals surface area contributed by atoms with Gasteiger partial charge in [0.2, 0.25) is 0 Å². The van der Waals surface area contributed by atoms with Crippen LogP contribution in [0.4, 0.5) is 0 Å². The molecule has 0 unspecified atom stereocenters. The maximum absolute atomic E-state index is 9.35. The van der Waals surface area contributed by atoms with Crippen LogP contribution in [-0.2, 0) is 6.54 Å². The van der Waals surface area contributed by atoms with E-state index in [-0.39, 0.29) is 5.75 Å². The van der Waals surface area contributed by atoms with E-state index in [1.54, 1.807) is 18.3 Å². The quantitative estimate of drug-likeness (QED) is 0.774. The molecule has 0 aliphatic heterocycles. The molecular weight excluding hydrogens is 190 g/mol. The van der Waals surface area contributed by atoms with Crippen LogP contribution in [0, 0.1) is 6.92 Å². The molecule has 0 atom stereocenters. The van der Waals surface area contributed by atoms with E-state index >= 15 is 0 Å².